The van der Waals surface area contributed by atoms with E-state index < -0.39 is 0 Å². The van der Waals surface area contributed by atoms with E-state index in [4.69, 9.17) is 0 Å². The van der Waals surface area contributed by atoms with Crippen molar-refractivity contribution < 1.29 is 0 Å². The minimum Gasteiger partial charge on any atom is -0.313 e. The van der Waals surface area contributed by atoms with Crippen LogP contribution in [-0.2, 0) is 0 Å². The number of rotatable bonds is 9. The summed E-state index contributed by atoms with van der Waals surface area (Å²) in [5.41, 5.74) is 6.57. The molecule has 0 aromatic heterocycles. The van der Waals surface area contributed by atoms with Crippen LogP contribution in [0.3, 0.4) is 0 Å². The van der Waals surface area contributed by atoms with Crippen LogP contribution in [0.25, 0.3) is 0 Å². The van der Waals surface area contributed by atoms with Crippen LogP contribution in [0, 0.1) is 5.41 Å². The molecule has 1 heteroatoms. The first kappa shape index (κ1) is 21.0. The molecule has 0 saturated carbocycles. The summed E-state index contributed by atoms with van der Waals surface area (Å²) in [6.07, 6.45) is 16.6. The summed E-state index contributed by atoms with van der Waals surface area (Å²) in [4.78, 5) is 0. The first-order valence-electron chi connectivity index (χ1n) is 9.77. The van der Waals surface area contributed by atoms with Crippen molar-refractivity contribution in [3.63, 3.8) is 0 Å². The van der Waals surface area contributed by atoms with Gasteiger partial charge in [0.2, 0.25) is 0 Å². The van der Waals surface area contributed by atoms with Gasteiger partial charge in [-0.05, 0) is 71.3 Å². The third-order valence-electron chi connectivity index (χ3n) is 5.19. The average molecular weight is 330 g/mol. The lowest BCUT2D eigenvalue weighted by Crippen LogP contribution is -2.20. The van der Waals surface area contributed by atoms with Gasteiger partial charge in [0.1, 0.15) is 0 Å². The average Bonchev–Trinajstić information content (AvgIpc) is 2.50. The van der Waals surface area contributed by atoms with Crippen LogP contribution in [-0.4, -0.2) is 13.1 Å². The molecule has 0 aliphatic heterocycles. The zero-order chi connectivity index (χ0) is 18.0. The molecule has 0 unspecified atom stereocenters. The van der Waals surface area contributed by atoms with E-state index in [2.05, 4.69) is 71.2 Å². The molecule has 1 aliphatic carbocycles. The molecule has 0 aromatic rings. The quantitative estimate of drug-likeness (QED) is 0.280. The number of hydrogen-bond donors (Lipinski definition) is 1. The Labute approximate surface area is 151 Å². The fraction of sp³-hybridized carbons (Fsp3) is 0.652. The first-order chi connectivity index (χ1) is 11.4. The van der Waals surface area contributed by atoms with Gasteiger partial charge in [-0.1, -0.05) is 67.4 Å². The smallest absolute Gasteiger partial charge is 0.0140 e. The van der Waals surface area contributed by atoms with E-state index in [-0.39, 0.29) is 0 Å². The van der Waals surface area contributed by atoms with Crippen molar-refractivity contribution in [2.24, 2.45) is 5.41 Å². The third-order valence-corrected chi connectivity index (χ3v) is 5.19. The molecule has 1 aliphatic rings. The van der Waals surface area contributed by atoms with Crippen LogP contribution in [0.1, 0.15) is 80.1 Å². The van der Waals surface area contributed by atoms with Gasteiger partial charge in [-0.15, -0.1) is 0 Å². The van der Waals surface area contributed by atoms with Crippen molar-refractivity contribution in [1.29, 1.82) is 0 Å². The summed E-state index contributed by atoms with van der Waals surface area (Å²) in [5, 5.41) is 3.40. The number of nitrogens with one attached hydrogen (secondary N) is 1. The monoisotopic (exact) mass is 329 g/mol. The number of hydrogen-bond acceptors (Lipinski definition) is 1. The largest absolute Gasteiger partial charge is 0.313 e. The second kappa shape index (κ2) is 10.7. The highest BCUT2D eigenvalue weighted by Gasteiger charge is 2.27. The predicted octanol–water partition coefficient (Wildman–Crippen LogP) is 6.74. The van der Waals surface area contributed by atoms with Gasteiger partial charge < -0.3 is 5.32 Å². The molecule has 0 radical (unpaired) electrons. The zero-order valence-electron chi connectivity index (χ0n) is 17.0. The van der Waals surface area contributed by atoms with E-state index in [1.807, 2.05) is 0 Å². The summed E-state index contributed by atoms with van der Waals surface area (Å²) >= 11 is 0. The summed E-state index contributed by atoms with van der Waals surface area (Å²) in [6.45, 7) is 15.9. The Hall–Kier alpha value is -1.08. The standard InChI is InChI=1S/C23H39N/c1-7-17-24-18-15-20(3)11-8-10-19(2)13-14-22-21(4)12-9-16-23(22,5)6/h8,10-11,15,24H,7,9,12-14,16-18H2,1-6H3/b11-8-,19-10+,20-15+. The van der Waals surface area contributed by atoms with Crippen molar-refractivity contribution in [1.82, 2.24) is 5.32 Å². The van der Waals surface area contributed by atoms with Crippen molar-refractivity contribution >= 4 is 0 Å². The van der Waals surface area contributed by atoms with Gasteiger partial charge in [-0.25, -0.2) is 0 Å². The van der Waals surface area contributed by atoms with Gasteiger partial charge in [0.25, 0.3) is 0 Å². The molecule has 1 nitrogen and oxygen atoms in total. The van der Waals surface area contributed by atoms with Gasteiger partial charge in [0.05, 0.1) is 0 Å². The van der Waals surface area contributed by atoms with Crippen LogP contribution in [0.4, 0.5) is 0 Å². The minimum absolute atomic E-state index is 0.406. The Morgan fingerprint density at radius 2 is 2.00 bits per heavy atom. The second-order valence-electron chi connectivity index (χ2n) is 8.02. The maximum Gasteiger partial charge on any atom is 0.0140 e. The molecule has 0 heterocycles. The van der Waals surface area contributed by atoms with Crippen LogP contribution < -0.4 is 5.32 Å². The Kier molecular flexibility index (Phi) is 9.36. The third kappa shape index (κ3) is 7.66. The Balaban J connectivity index is 2.48. The number of allylic oxidation sites excluding steroid dienone is 7. The normalized spacial score (nSPS) is 19.4. The Morgan fingerprint density at radius 3 is 2.67 bits per heavy atom. The summed E-state index contributed by atoms with van der Waals surface area (Å²) in [7, 11) is 0. The summed E-state index contributed by atoms with van der Waals surface area (Å²) in [6, 6.07) is 0. The van der Waals surface area contributed by atoms with Crippen LogP contribution >= 0.6 is 0 Å². The molecule has 0 aromatic carbocycles. The molecule has 0 atom stereocenters. The van der Waals surface area contributed by atoms with E-state index in [1.165, 1.54) is 49.7 Å². The van der Waals surface area contributed by atoms with E-state index in [1.54, 1.807) is 11.1 Å². The van der Waals surface area contributed by atoms with Crippen LogP contribution in [0.15, 0.2) is 46.6 Å². The van der Waals surface area contributed by atoms with Crippen molar-refractivity contribution in [3.8, 4) is 0 Å². The first-order valence-corrected chi connectivity index (χ1v) is 9.77. The lowest BCUT2D eigenvalue weighted by Gasteiger charge is -2.34. The molecule has 1 rings (SSSR count). The summed E-state index contributed by atoms with van der Waals surface area (Å²) < 4.78 is 0. The molecule has 0 fully saturated rings. The molecule has 24 heavy (non-hydrogen) atoms. The van der Waals surface area contributed by atoms with E-state index in [9.17, 15) is 0 Å². The highest BCUT2D eigenvalue weighted by Crippen LogP contribution is 2.42. The van der Waals surface area contributed by atoms with Gasteiger partial charge in [0.15, 0.2) is 0 Å². The Morgan fingerprint density at radius 1 is 1.25 bits per heavy atom. The van der Waals surface area contributed by atoms with Crippen molar-refractivity contribution in [3.05, 3.63) is 46.6 Å². The maximum absolute atomic E-state index is 3.40. The van der Waals surface area contributed by atoms with Gasteiger partial charge >= 0.3 is 0 Å². The highest BCUT2D eigenvalue weighted by molar-refractivity contribution is 5.25. The Bertz CT molecular complexity index is 500. The highest BCUT2D eigenvalue weighted by atomic mass is 14.8. The molecule has 0 amide bonds. The molecular formula is C23H39N. The molecule has 0 spiro atoms. The molecular weight excluding hydrogens is 290 g/mol. The van der Waals surface area contributed by atoms with Crippen molar-refractivity contribution in [2.45, 2.75) is 80.1 Å². The maximum atomic E-state index is 3.40. The van der Waals surface area contributed by atoms with Gasteiger partial charge in [-0.2, -0.15) is 0 Å². The van der Waals surface area contributed by atoms with Crippen LogP contribution in [0.2, 0.25) is 0 Å². The zero-order valence-corrected chi connectivity index (χ0v) is 17.0. The topological polar surface area (TPSA) is 12.0 Å². The lowest BCUT2D eigenvalue weighted by atomic mass is 9.71. The van der Waals surface area contributed by atoms with Gasteiger partial charge in [0, 0.05) is 6.54 Å². The molecule has 1 N–H and O–H groups in total. The van der Waals surface area contributed by atoms with Gasteiger partial charge in [-0.3, -0.25) is 0 Å². The molecule has 0 saturated heterocycles. The minimum atomic E-state index is 0.406. The fourth-order valence-electron chi connectivity index (χ4n) is 3.58. The van der Waals surface area contributed by atoms with Crippen molar-refractivity contribution in [2.75, 3.05) is 13.1 Å². The van der Waals surface area contributed by atoms with E-state index >= 15 is 0 Å². The second-order valence-corrected chi connectivity index (χ2v) is 8.02. The molecule has 0 bridgehead atoms. The molecule has 136 valence electrons. The van der Waals surface area contributed by atoms with E-state index in [0.717, 1.165) is 13.1 Å². The fourth-order valence-corrected chi connectivity index (χ4v) is 3.58. The van der Waals surface area contributed by atoms with E-state index in [0.29, 0.717) is 5.41 Å². The van der Waals surface area contributed by atoms with Crippen LogP contribution in [0.5, 0.6) is 0 Å². The summed E-state index contributed by atoms with van der Waals surface area (Å²) in [5.74, 6) is 0. The predicted molar refractivity (Wildman–Crippen MR) is 109 cm³/mol. The SMILES string of the molecule is CCCNC/C=C(C)/C=C\C=C(/C)CCC1=C(C)CCCC1(C)C. The lowest BCUT2D eigenvalue weighted by molar-refractivity contribution is 0.354.